The summed E-state index contributed by atoms with van der Waals surface area (Å²) in [6, 6.07) is 2.92. The summed E-state index contributed by atoms with van der Waals surface area (Å²) in [6.45, 7) is 1.01. The molecular formula is C23H23F2N5O4. The molecule has 4 rings (SSSR count). The fourth-order valence-electron chi connectivity index (χ4n) is 4.04. The van der Waals surface area contributed by atoms with Gasteiger partial charge in [-0.25, -0.2) is 18.6 Å². The molecule has 2 aliphatic rings. The van der Waals surface area contributed by atoms with Crippen LogP contribution >= 0.6 is 0 Å². The van der Waals surface area contributed by atoms with E-state index in [2.05, 4.69) is 11.2 Å². The van der Waals surface area contributed by atoms with Crippen LogP contribution in [0.1, 0.15) is 52.1 Å². The van der Waals surface area contributed by atoms with Gasteiger partial charge in [0, 0.05) is 43.9 Å². The van der Waals surface area contributed by atoms with E-state index in [-0.39, 0.29) is 17.8 Å². The first-order valence-corrected chi connectivity index (χ1v) is 10.8. The predicted molar refractivity (Wildman–Crippen MR) is 118 cm³/mol. The number of amides is 2. The van der Waals surface area contributed by atoms with Crippen molar-refractivity contribution in [2.24, 2.45) is 0 Å². The standard InChI is InChI=1S/C23H23F2N5O4/c1-2-3-4-10-30-28-14-17(22(33)26-13-15-7-8-16(24)12-18(15)25)20(31)21(32)19(28)23(34)27-9-5-6-11-29(27)30/h1,7-8,12,14,32H,3-6,9-11,13H2,(H,26,33). The number of unbranched alkanes of at least 4 members (excludes halogenated alkanes) is 1. The SMILES string of the molecule is C#CCCCN1N2CCCCN2C(=O)c2c(O)c(=O)c(C(=O)NCc3ccc(F)cc3F)cn21. The van der Waals surface area contributed by atoms with Crippen molar-refractivity contribution in [2.45, 2.75) is 32.2 Å². The number of terminal acetylenes is 1. The van der Waals surface area contributed by atoms with Crippen LogP contribution in [-0.2, 0) is 6.54 Å². The van der Waals surface area contributed by atoms with Crippen molar-refractivity contribution in [2.75, 3.05) is 24.8 Å². The van der Waals surface area contributed by atoms with Crippen LogP contribution in [0.5, 0.6) is 5.75 Å². The number of nitrogens with zero attached hydrogens (tertiary/aromatic N) is 4. The Balaban J connectivity index is 1.69. The van der Waals surface area contributed by atoms with Crippen LogP contribution in [-0.4, -0.2) is 51.4 Å². The maximum atomic E-state index is 13.9. The summed E-state index contributed by atoms with van der Waals surface area (Å²) in [6.07, 6.45) is 9.18. The van der Waals surface area contributed by atoms with Crippen molar-refractivity contribution < 1.29 is 23.5 Å². The number of benzene rings is 1. The number of rotatable bonds is 6. The van der Waals surface area contributed by atoms with Gasteiger partial charge in [0.05, 0.1) is 6.54 Å². The number of nitrogens with one attached hydrogen (secondary N) is 1. The minimum atomic E-state index is -1.02. The molecule has 9 nitrogen and oxygen atoms in total. The first-order valence-electron chi connectivity index (χ1n) is 10.8. The van der Waals surface area contributed by atoms with E-state index in [1.165, 1.54) is 21.9 Å². The van der Waals surface area contributed by atoms with Crippen LogP contribution in [0.15, 0.2) is 29.2 Å². The molecule has 2 aliphatic heterocycles. The molecule has 0 atom stereocenters. The van der Waals surface area contributed by atoms with Gasteiger partial charge < -0.3 is 10.4 Å². The maximum absolute atomic E-state index is 13.9. The number of pyridine rings is 1. The summed E-state index contributed by atoms with van der Waals surface area (Å²) >= 11 is 0. The van der Waals surface area contributed by atoms with Gasteiger partial charge in [0.15, 0.2) is 11.4 Å². The van der Waals surface area contributed by atoms with Crippen LogP contribution in [0.3, 0.4) is 0 Å². The van der Waals surface area contributed by atoms with Gasteiger partial charge in [-0.3, -0.25) is 19.4 Å². The number of hydrogen-bond acceptors (Lipinski definition) is 6. The van der Waals surface area contributed by atoms with Gasteiger partial charge in [-0.05, 0) is 25.3 Å². The molecule has 0 aliphatic carbocycles. The second-order valence-electron chi connectivity index (χ2n) is 7.97. The van der Waals surface area contributed by atoms with Crippen molar-refractivity contribution in [3.8, 4) is 18.1 Å². The van der Waals surface area contributed by atoms with Crippen molar-refractivity contribution in [1.82, 2.24) is 20.1 Å². The molecule has 2 N–H and O–H groups in total. The lowest BCUT2D eigenvalue weighted by molar-refractivity contribution is -0.0695. The van der Waals surface area contributed by atoms with Gasteiger partial charge in [-0.15, -0.1) is 17.5 Å². The van der Waals surface area contributed by atoms with Gasteiger partial charge in [-0.2, -0.15) is 0 Å². The monoisotopic (exact) mass is 471 g/mol. The molecular weight excluding hydrogens is 448 g/mol. The average molecular weight is 471 g/mol. The van der Waals surface area contributed by atoms with E-state index >= 15 is 0 Å². The quantitative estimate of drug-likeness (QED) is 0.490. The number of hydrogen-bond donors (Lipinski definition) is 2. The summed E-state index contributed by atoms with van der Waals surface area (Å²) < 4.78 is 28.3. The normalized spacial score (nSPS) is 15.5. The lowest BCUT2D eigenvalue weighted by Gasteiger charge is -2.50. The van der Waals surface area contributed by atoms with Crippen LogP contribution in [0.4, 0.5) is 8.78 Å². The van der Waals surface area contributed by atoms with Gasteiger partial charge in [0.25, 0.3) is 11.8 Å². The number of aromatic hydroxyl groups is 1. The van der Waals surface area contributed by atoms with E-state index in [4.69, 9.17) is 6.42 Å². The molecule has 0 bridgehead atoms. The number of halogens is 2. The van der Waals surface area contributed by atoms with Crippen LogP contribution in [0.25, 0.3) is 0 Å². The Bertz CT molecular complexity index is 1240. The zero-order chi connectivity index (χ0) is 24.4. The Morgan fingerprint density at radius 2 is 1.97 bits per heavy atom. The summed E-state index contributed by atoms with van der Waals surface area (Å²) in [5, 5.41) is 17.9. The lowest BCUT2D eigenvalue weighted by Crippen LogP contribution is -2.67. The third kappa shape index (κ3) is 4.20. The fourth-order valence-corrected chi connectivity index (χ4v) is 4.04. The second-order valence-corrected chi connectivity index (χ2v) is 7.97. The zero-order valence-electron chi connectivity index (χ0n) is 18.3. The zero-order valence-corrected chi connectivity index (χ0v) is 18.3. The summed E-state index contributed by atoms with van der Waals surface area (Å²) in [4.78, 5) is 38.7. The predicted octanol–water partition coefficient (Wildman–Crippen LogP) is 1.50. The van der Waals surface area contributed by atoms with Crippen LogP contribution in [0, 0.1) is 24.0 Å². The van der Waals surface area contributed by atoms with E-state index in [9.17, 15) is 28.3 Å². The van der Waals surface area contributed by atoms with Crippen LogP contribution in [0.2, 0.25) is 0 Å². The highest BCUT2D eigenvalue weighted by Gasteiger charge is 2.40. The molecule has 1 aromatic carbocycles. The molecule has 0 spiro atoms. The van der Waals surface area contributed by atoms with E-state index in [0.29, 0.717) is 38.5 Å². The Kier molecular flexibility index (Phi) is 6.51. The molecule has 2 aromatic rings. The minimum Gasteiger partial charge on any atom is -0.502 e. The van der Waals surface area contributed by atoms with Gasteiger partial charge in [-0.1, -0.05) is 6.07 Å². The Morgan fingerprint density at radius 3 is 2.71 bits per heavy atom. The molecule has 1 saturated heterocycles. The first-order chi connectivity index (χ1) is 16.3. The summed E-state index contributed by atoms with van der Waals surface area (Å²) in [5.74, 6) is -1.33. The van der Waals surface area contributed by atoms with Gasteiger partial charge in [0.1, 0.15) is 17.2 Å². The third-order valence-electron chi connectivity index (χ3n) is 5.75. The highest BCUT2D eigenvalue weighted by Crippen LogP contribution is 2.27. The molecule has 0 radical (unpaired) electrons. The van der Waals surface area contributed by atoms with Crippen molar-refractivity contribution in [3.05, 3.63) is 63.1 Å². The molecule has 11 heteroatoms. The smallest absolute Gasteiger partial charge is 0.292 e. The van der Waals surface area contributed by atoms with Gasteiger partial charge in [0.2, 0.25) is 5.43 Å². The number of fused-ring (bicyclic) bond motifs is 2. The van der Waals surface area contributed by atoms with Gasteiger partial charge >= 0.3 is 0 Å². The van der Waals surface area contributed by atoms with Crippen molar-refractivity contribution in [3.63, 3.8) is 0 Å². The molecule has 178 valence electrons. The van der Waals surface area contributed by atoms with E-state index in [0.717, 1.165) is 18.9 Å². The molecule has 0 unspecified atom stereocenters. The first kappa shape index (κ1) is 23.3. The largest absolute Gasteiger partial charge is 0.502 e. The highest BCUT2D eigenvalue weighted by molar-refractivity contribution is 5.99. The third-order valence-corrected chi connectivity index (χ3v) is 5.75. The summed E-state index contributed by atoms with van der Waals surface area (Å²) in [5.41, 5.74) is -1.67. The van der Waals surface area contributed by atoms with Crippen LogP contribution < -0.4 is 15.9 Å². The number of aromatic nitrogens is 1. The van der Waals surface area contributed by atoms with Crippen molar-refractivity contribution in [1.29, 1.82) is 0 Å². The topological polar surface area (TPSA) is 98.1 Å². The number of hydrazine groups is 2. The minimum absolute atomic E-state index is 0.0204. The van der Waals surface area contributed by atoms with E-state index in [1.54, 1.807) is 10.2 Å². The number of carbonyl (C=O) groups is 2. The van der Waals surface area contributed by atoms with Crippen molar-refractivity contribution >= 4 is 11.8 Å². The second kappa shape index (κ2) is 9.52. The molecule has 3 heterocycles. The highest BCUT2D eigenvalue weighted by atomic mass is 19.1. The lowest BCUT2D eigenvalue weighted by atomic mass is 10.1. The molecule has 1 aromatic heterocycles. The average Bonchev–Trinajstić information content (AvgIpc) is 2.82. The molecule has 2 amide bonds. The molecule has 1 fully saturated rings. The Hall–Kier alpha value is -3.91. The molecule has 0 saturated carbocycles. The van der Waals surface area contributed by atoms with E-state index in [1.807, 2.05) is 0 Å². The fraction of sp³-hybridized carbons (Fsp3) is 0.348. The maximum Gasteiger partial charge on any atom is 0.292 e. The Morgan fingerprint density at radius 1 is 1.21 bits per heavy atom. The molecule has 34 heavy (non-hydrogen) atoms. The Labute approximate surface area is 194 Å². The van der Waals surface area contributed by atoms with E-state index < -0.39 is 40.2 Å². The summed E-state index contributed by atoms with van der Waals surface area (Å²) in [7, 11) is 0. The number of carbonyl (C=O) groups excluding carboxylic acids is 2.